The van der Waals surface area contributed by atoms with Crippen LogP contribution in [0.4, 0.5) is 10.5 Å². The number of alkyl carbamates (subject to hydrolysis) is 1. The molecule has 1 aliphatic rings. The number of aromatic nitrogens is 2. The highest BCUT2D eigenvalue weighted by molar-refractivity contribution is 5.68. The van der Waals surface area contributed by atoms with Gasteiger partial charge in [0.15, 0.2) is 0 Å². The van der Waals surface area contributed by atoms with Crippen LogP contribution in [0.25, 0.3) is 0 Å². The van der Waals surface area contributed by atoms with Gasteiger partial charge in [-0.25, -0.2) is 4.79 Å². The summed E-state index contributed by atoms with van der Waals surface area (Å²) in [6, 6.07) is 8.08. The van der Waals surface area contributed by atoms with Crippen molar-refractivity contribution in [3.63, 3.8) is 0 Å². The quantitative estimate of drug-likeness (QED) is 0.853. The topological polar surface area (TPSA) is 68.6 Å². The number of rotatable bonds is 5. The van der Waals surface area contributed by atoms with Gasteiger partial charge in [0.2, 0.25) is 0 Å². The number of methoxy groups -OCH3 is 1. The first-order valence-corrected chi connectivity index (χ1v) is 9.72. The maximum atomic E-state index is 12.0. The zero-order valence-corrected chi connectivity index (χ0v) is 17.1. The van der Waals surface area contributed by atoms with Crippen LogP contribution < -0.4 is 15.0 Å². The van der Waals surface area contributed by atoms with E-state index in [2.05, 4.69) is 21.5 Å². The van der Waals surface area contributed by atoms with Crippen molar-refractivity contribution in [2.45, 2.75) is 51.8 Å². The van der Waals surface area contributed by atoms with Gasteiger partial charge in [0.25, 0.3) is 0 Å². The maximum absolute atomic E-state index is 12.0. The minimum atomic E-state index is -0.485. The smallest absolute Gasteiger partial charge is 0.407 e. The number of hydrogen-bond acceptors (Lipinski definition) is 5. The first kappa shape index (κ1) is 20.0. The van der Waals surface area contributed by atoms with Gasteiger partial charge in [-0.2, -0.15) is 5.10 Å². The lowest BCUT2D eigenvalue weighted by atomic mass is 10.1. The molecule has 2 aromatic rings. The third kappa shape index (κ3) is 5.65. The summed E-state index contributed by atoms with van der Waals surface area (Å²) in [6.07, 6.45) is 5.56. The molecule has 0 spiro atoms. The predicted octanol–water partition coefficient (Wildman–Crippen LogP) is 3.43. The first-order valence-electron chi connectivity index (χ1n) is 9.72. The molecule has 0 aliphatic carbocycles. The third-order valence-electron chi connectivity index (χ3n) is 4.63. The van der Waals surface area contributed by atoms with E-state index in [4.69, 9.17) is 9.47 Å². The van der Waals surface area contributed by atoms with Crippen molar-refractivity contribution in [3.8, 4) is 5.75 Å². The van der Waals surface area contributed by atoms with Gasteiger partial charge >= 0.3 is 6.09 Å². The second kappa shape index (κ2) is 8.54. The molecular weight excluding hydrogens is 356 g/mol. The number of amides is 1. The molecule has 0 bridgehead atoms. The number of piperidine rings is 1. The summed E-state index contributed by atoms with van der Waals surface area (Å²) in [6.45, 7) is 8.04. The van der Waals surface area contributed by atoms with Gasteiger partial charge in [-0.1, -0.05) is 12.1 Å². The van der Waals surface area contributed by atoms with Crippen molar-refractivity contribution in [3.05, 3.63) is 42.2 Å². The largest absolute Gasteiger partial charge is 0.497 e. The van der Waals surface area contributed by atoms with Gasteiger partial charge in [-0.05, 0) is 51.3 Å². The molecule has 1 amide bonds. The highest BCUT2D eigenvalue weighted by atomic mass is 16.6. The fourth-order valence-corrected chi connectivity index (χ4v) is 3.32. The number of hydrogen-bond donors (Lipinski definition) is 1. The summed E-state index contributed by atoms with van der Waals surface area (Å²) in [4.78, 5) is 14.3. The van der Waals surface area contributed by atoms with Crippen LogP contribution in [-0.2, 0) is 11.3 Å². The molecule has 7 heteroatoms. The fraction of sp³-hybridized carbons (Fsp3) is 0.524. The molecule has 1 aromatic heterocycles. The van der Waals surface area contributed by atoms with Gasteiger partial charge in [0.1, 0.15) is 11.4 Å². The molecule has 1 saturated heterocycles. The summed E-state index contributed by atoms with van der Waals surface area (Å²) >= 11 is 0. The minimum absolute atomic E-state index is 0.0774. The van der Waals surface area contributed by atoms with Gasteiger partial charge in [0.05, 0.1) is 25.5 Å². The number of benzene rings is 1. The van der Waals surface area contributed by atoms with E-state index in [1.54, 1.807) is 7.11 Å². The van der Waals surface area contributed by atoms with Crippen molar-refractivity contribution < 1.29 is 14.3 Å². The first-order chi connectivity index (χ1) is 13.3. The molecule has 1 aromatic carbocycles. The lowest BCUT2D eigenvalue weighted by Crippen LogP contribution is -2.49. The summed E-state index contributed by atoms with van der Waals surface area (Å²) in [5.41, 5.74) is 1.75. The highest BCUT2D eigenvalue weighted by Gasteiger charge is 2.25. The molecule has 1 atom stereocenters. The van der Waals surface area contributed by atoms with Crippen molar-refractivity contribution in [1.29, 1.82) is 0 Å². The molecule has 3 rings (SSSR count). The number of anilines is 1. The van der Waals surface area contributed by atoms with Crippen molar-refractivity contribution >= 4 is 11.8 Å². The van der Waals surface area contributed by atoms with Gasteiger partial charge in [-0.3, -0.25) is 4.68 Å². The fourth-order valence-electron chi connectivity index (χ4n) is 3.32. The van der Waals surface area contributed by atoms with Crippen LogP contribution in [0.1, 0.15) is 39.2 Å². The Morgan fingerprint density at radius 1 is 1.29 bits per heavy atom. The molecule has 0 radical (unpaired) electrons. The third-order valence-corrected chi connectivity index (χ3v) is 4.63. The summed E-state index contributed by atoms with van der Waals surface area (Å²) in [7, 11) is 1.67. The van der Waals surface area contributed by atoms with Crippen molar-refractivity contribution in [1.82, 2.24) is 15.1 Å². The van der Waals surface area contributed by atoms with E-state index < -0.39 is 5.60 Å². The molecule has 1 fully saturated rings. The molecule has 1 N–H and O–H groups in total. The van der Waals surface area contributed by atoms with Crippen LogP contribution in [0.3, 0.4) is 0 Å². The van der Waals surface area contributed by atoms with E-state index in [9.17, 15) is 4.79 Å². The van der Waals surface area contributed by atoms with E-state index in [0.717, 1.165) is 37.4 Å². The van der Waals surface area contributed by atoms with E-state index in [0.29, 0.717) is 6.54 Å². The second-order valence-corrected chi connectivity index (χ2v) is 8.18. The SMILES string of the molecule is COc1ccc(Cn2cc(N3CCCC(NC(=O)OC(C)(C)C)C3)cn2)cc1. The standard InChI is InChI=1S/C21H30N4O3/c1-21(2,3)28-20(26)23-17-6-5-11-24(14-17)18-12-22-25(15-18)13-16-7-9-19(27-4)10-8-16/h7-10,12,15,17H,5-6,11,13-14H2,1-4H3,(H,23,26). The van der Waals surface area contributed by atoms with Crippen LogP contribution in [-0.4, -0.2) is 47.7 Å². The number of ether oxygens (including phenoxy) is 2. The summed E-state index contributed by atoms with van der Waals surface area (Å²) in [5, 5.41) is 7.49. The average Bonchev–Trinajstić information content (AvgIpc) is 3.09. The maximum Gasteiger partial charge on any atom is 0.407 e. The van der Waals surface area contributed by atoms with Gasteiger partial charge in [0, 0.05) is 25.3 Å². The minimum Gasteiger partial charge on any atom is -0.497 e. The average molecular weight is 386 g/mol. The van der Waals surface area contributed by atoms with Crippen LogP contribution in [0.15, 0.2) is 36.7 Å². The lowest BCUT2D eigenvalue weighted by molar-refractivity contribution is 0.0500. The Balaban J connectivity index is 1.57. The number of nitrogens with zero attached hydrogens (tertiary/aromatic N) is 3. The summed E-state index contributed by atoms with van der Waals surface area (Å²) < 4.78 is 12.5. The number of carbonyl (C=O) groups is 1. The zero-order valence-electron chi connectivity index (χ0n) is 17.1. The molecule has 1 aliphatic heterocycles. The van der Waals surface area contributed by atoms with Gasteiger partial charge in [-0.15, -0.1) is 0 Å². The van der Waals surface area contributed by atoms with E-state index in [1.165, 1.54) is 5.56 Å². The number of carbonyl (C=O) groups excluding carboxylic acids is 1. The second-order valence-electron chi connectivity index (χ2n) is 8.18. The Morgan fingerprint density at radius 3 is 2.71 bits per heavy atom. The van der Waals surface area contributed by atoms with Crippen LogP contribution in [0.5, 0.6) is 5.75 Å². The molecule has 28 heavy (non-hydrogen) atoms. The Labute approximate surface area is 166 Å². The Bertz CT molecular complexity index is 780. The summed E-state index contributed by atoms with van der Waals surface area (Å²) in [5.74, 6) is 0.849. The van der Waals surface area contributed by atoms with Crippen molar-refractivity contribution in [2.75, 3.05) is 25.1 Å². The Kier molecular flexibility index (Phi) is 6.11. The van der Waals surface area contributed by atoms with Crippen LogP contribution >= 0.6 is 0 Å². The molecular formula is C21H30N4O3. The molecule has 1 unspecified atom stereocenters. The lowest BCUT2D eigenvalue weighted by Gasteiger charge is -2.34. The van der Waals surface area contributed by atoms with E-state index >= 15 is 0 Å². The van der Waals surface area contributed by atoms with Crippen molar-refractivity contribution in [2.24, 2.45) is 0 Å². The van der Waals surface area contributed by atoms with E-state index in [-0.39, 0.29) is 12.1 Å². The van der Waals surface area contributed by atoms with Crippen LogP contribution in [0, 0.1) is 0 Å². The molecule has 152 valence electrons. The normalized spacial score (nSPS) is 17.3. The van der Waals surface area contributed by atoms with Crippen LogP contribution in [0.2, 0.25) is 0 Å². The number of nitrogens with one attached hydrogen (secondary N) is 1. The highest BCUT2D eigenvalue weighted by Crippen LogP contribution is 2.20. The molecule has 0 saturated carbocycles. The Hall–Kier alpha value is -2.70. The Morgan fingerprint density at radius 2 is 2.04 bits per heavy atom. The molecule has 7 nitrogen and oxygen atoms in total. The zero-order chi connectivity index (χ0) is 20.1. The van der Waals surface area contributed by atoms with Gasteiger partial charge < -0.3 is 19.7 Å². The molecule has 2 heterocycles. The predicted molar refractivity (Wildman–Crippen MR) is 109 cm³/mol. The monoisotopic (exact) mass is 386 g/mol. The van der Waals surface area contributed by atoms with E-state index in [1.807, 2.05) is 55.9 Å².